The molecule has 1 heterocycles. The predicted octanol–water partition coefficient (Wildman–Crippen LogP) is 3.99. The maximum atomic E-state index is 6.17. The van der Waals surface area contributed by atoms with Gasteiger partial charge in [-0.05, 0) is 37.6 Å². The number of aromatic nitrogens is 1. The lowest BCUT2D eigenvalue weighted by Crippen LogP contribution is -2.33. The summed E-state index contributed by atoms with van der Waals surface area (Å²) in [5.41, 5.74) is 7.86. The van der Waals surface area contributed by atoms with E-state index in [4.69, 9.17) is 29.7 Å². The zero-order valence-corrected chi connectivity index (χ0v) is 18.1. The van der Waals surface area contributed by atoms with Crippen LogP contribution in [0.25, 0.3) is 10.9 Å². The molecule has 0 bridgehead atoms. The van der Waals surface area contributed by atoms with E-state index in [9.17, 15) is 0 Å². The SMILES string of the molecule is COc1ccc(CNc2cc(O[C@H](C)C(C)N)c3cc(OC)c(OC)cc3n2)cc1. The second-order valence-electron chi connectivity index (χ2n) is 7.11. The predicted molar refractivity (Wildman–Crippen MR) is 119 cm³/mol. The molecular formula is C23H29N3O4. The average molecular weight is 412 g/mol. The minimum atomic E-state index is -0.168. The second kappa shape index (κ2) is 9.54. The van der Waals surface area contributed by atoms with Crippen molar-refractivity contribution in [3.63, 3.8) is 0 Å². The molecule has 160 valence electrons. The Morgan fingerprint density at radius 2 is 1.57 bits per heavy atom. The van der Waals surface area contributed by atoms with E-state index in [0.29, 0.717) is 29.6 Å². The third-order valence-electron chi connectivity index (χ3n) is 4.96. The minimum Gasteiger partial charge on any atom is -0.497 e. The smallest absolute Gasteiger partial charge is 0.162 e. The number of nitrogens with one attached hydrogen (secondary N) is 1. The van der Waals surface area contributed by atoms with Gasteiger partial charge in [-0.1, -0.05) is 12.1 Å². The van der Waals surface area contributed by atoms with Gasteiger partial charge in [-0.15, -0.1) is 0 Å². The number of benzene rings is 2. The van der Waals surface area contributed by atoms with E-state index in [-0.39, 0.29) is 12.1 Å². The molecule has 3 N–H and O–H groups in total. The maximum Gasteiger partial charge on any atom is 0.162 e. The summed E-state index contributed by atoms with van der Waals surface area (Å²) in [7, 11) is 4.86. The summed E-state index contributed by atoms with van der Waals surface area (Å²) in [6.07, 6.45) is -0.168. The molecule has 7 heteroatoms. The van der Waals surface area contributed by atoms with Gasteiger partial charge in [-0.3, -0.25) is 0 Å². The van der Waals surface area contributed by atoms with Crippen molar-refractivity contribution in [3.8, 4) is 23.0 Å². The highest BCUT2D eigenvalue weighted by Crippen LogP contribution is 2.37. The van der Waals surface area contributed by atoms with Crippen molar-refractivity contribution in [3.05, 3.63) is 48.0 Å². The molecule has 3 rings (SSSR count). The number of fused-ring (bicyclic) bond motifs is 1. The molecule has 0 aliphatic carbocycles. The van der Waals surface area contributed by atoms with Gasteiger partial charge in [0.2, 0.25) is 0 Å². The molecule has 0 amide bonds. The topological polar surface area (TPSA) is 87.9 Å². The van der Waals surface area contributed by atoms with Gasteiger partial charge in [-0.2, -0.15) is 0 Å². The molecule has 0 radical (unpaired) electrons. The Bertz CT molecular complexity index is 990. The first kappa shape index (κ1) is 21.5. The third kappa shape index (κ3) is 4.86. The van der Waals surface area contributed by atoms with Crippen LogP contribution in [-0.4, -0.2) is 38.5 Å². The largest absolute Gasteiger partial charge is 0.497 e. The van der Waals surface area contributed by atoms with Gasteiger partial charge in [-0.25, -0.2) is 4.98 Å². The zero-order valence-electron chi connectivity index (χ0n) is 18.1. The monoisotopic (exact) mass is 411 g/mol. The van der Waals surface area contributed by atoms with Crippen LogP contribution in [0, 0.1) is 0 Å². The normalized spacial score (nSPS) is 12.9. The van der Waals surface area contributed by atoms with E-state index >= 15 is 0 Å². The number of pyridine rings is 1. The van der Waals surface area contributed by atoms with E-state index in [0.717, 1.165) is 22.2 Å². The van der Waals surface area contributed by atoms with Crippen LogP contribution >= 0.6 is 0 Å². The number of hydrogen-bond donors (Lipinski definition) is 2. The molecule has 0 aliphatic heterocycles. The van der Waals surface area contributed by atoms with Crippen molar-refractivity contribution in [1.29, 1.82) is 0 Å². The van der Waals surface area contributed by atoms with Gasteiger partial charge in [0.05, 0.1) is 26.8 Å². The molecule has 0 spiro atoms. The number of nitrogens with two attached hydrogens (primary N) is 1. The van der Waals surface area contributed by atoms with Gasteiger partial charge in [0.15, 0.2) is 11.5 Å². The summed E-state index contributed by atoms with van der Waals surface area (Å²) in [6, 6.07) is 13.4. The number of rotatable bonds is 9. The molecule has 0 saturated carbocycles. The number of ether oxygens (including phenoxy) is 4. The van der Waals surface area contributed by atoms with Crippen molar-refractivity contribution in [2.45, 2.75) is 32.5 Å². The van der Waals surface area contributed by atoms with Crippen molar-refractivity contribution >= 4 is 16.7 Å². The van der Waals surface area contributed by atoms with Crippen LogP contribution in [-0.2, 0) is 6.54 Å². The van der Waals surface area contributed by atoms with Crippen molar-refractivity contribution in [2.75, 3.05) is 26.6 Å². The Balaban J connectivity index is 1.96. The molecule has 3 aromatic rings. The van der Waals surface area contributed by atoms with Crippen LogP contribution in [0.5, 0.6) is 23.0 Å². The van der Waals surface area contributed by atoms with Crippen molar-refractivity contribution in [1.82, 2.24) is 4.98 Å². The third-order valence-corrected chi connectivity index (χ3v) is 4.96. The highest BCUT2D eigenvalue weighted by molar-refractivity contribution is 5.90. The summed E-state index contributed by atoms with van der Waals surface area (Å²) in [5.74, 6) is 3.42. The van der Waals surface area contributed by atoms with Crippen LogP contribution in [0.2, 0.25) is 0 Å². The molecule has 30 heavy (non-hydrogen) atoms. The molecule has 7 nitrogen and oxygen atoms in total. The van der Waals surface area contributed by atoms with Gasteiger partial charge in [0.25, 0.3) is 0 Å². The van der Waals surface area contributed by atoms with Crippen LogP contribution in [0.3, 0.4) is 0 Å². The highest BCUT2D eigenvalue weighted by Gasteiger charge is 2.16. The lowest BCUT2D eigenvalue weighted by atomic mass is 10.1. The zero-order chi connectivity index (χ0) is 21.7. The van der Waals surface area contributed by atoms with Crippen molar-refractivity contribution in [2.24, 2.45) is 5.73 Å². The van der Waals surface area contributed by atoms with Crippen molar-refractivity contribution < 1.29 is 18.9 Å². The molecule has 0 saturated heterocycles. The molecule has 2 aromatic carbocycles. The fourth-order valence-electron chi connectivity index (χ4n) is 2.95. The molecule has 0 aliphatic rings. The summed E-state index contributed by atoms with van der Waals surface area (Å²) in [5, 5.41) is 4.19. The first-order valence-corrected chi connectivity index (χ1v) is 9.81. The van der Waals surface area contributed by atoms with Gasteiger partial charge in [0, 0.05) is 30.1 Å². The second-order valence-corrected chi connectivity index (χ2v) is 7.11. The first-order chi connectivity index (χ1) is 14.4. The fraction of sp³-hybridized carbons (Fsp3) is 0.348. The Hall–Kier alpha value is -3.19. The standard InChI is InChI=1S/C23H29N3O4/c1-14(24)15(2)30-20-12-23(25-13-16-6-8-17(27-3)9-7-16)26-19-11-22(29-5)21(28-4)10-18(19)20/h6-12,14-15H,13,24H2,1-5H3,(H,25,26)/t14?,15-/m1/s1. The summed E-state index contributed by atoms with van der Waals surface area (Å²) in [6.45, 7) is 4.47. The molecule has 0 fully saturated rings. The number of hydrogen-bond acceptors (Lipinski definition) is 7. The van der Waals surface area contributed by atoms with Crippen LogP contribution in [0.15, 0.2) is 42.5 Å². The molecule has 1 aromatic heterocycles. The Morgan fingerprint density at radius 3 is 2.17 bits per heavy atom. The van der Waals surface area contributed by atoms with E-state index in [1.807, 2.05) is 56.3 Å². The summed E-state index contributed by atoms with van der Waals surface area (Å²) >= 11 is 0. The average Bonchev–Trinajstić information content (AvgIpc) is 2.76. The summed E-state index contributed by atoms with van der Waals surface area (Å²) in [4.78, 5) is 4.74. The van der Waals surface area contributed by atoms with Gasteiger partial charge in [0.1, 0.15) is 23.4 Å². The quantitative estimate of drug-likeness (QED) is 0.550. The number of methoxy groups -OCH3 is 3. The Morgan fingerprint density at radius 1 is 0.900 bits per heavy atom. The van der Waals surface area contributed by atoms with E-state index in [1.165, 1.54) is 0 Å². The molecular weight excluding hydrogens is 382 g/mol. The molecule has 2 atom stereocenters. The first-order valence-electron chi connectivity index (χ1n) is 9.81. The van der Waals surface area contributed by atoms with Crippen LogP contribution in [0.1, 0.15) is 19.4 Å². The number of nitrogens with zero attached hydrogens (tertiary/aromatic N) is 1. The Kier molecular flexibility index (Phi) is 6.84. The maximum absolute atomic E-state index is 6.17. The minimum absolute atomic E-state index is 0.121. The lowest BCUT2D eigenvalue weighted by molar-refractivity contribution is 0.199. The van der Waals surface area contributed by atoms with Gasteiger partial charge < -0.3 is 30.0 Å². The van der Waals surface area contributed by atoms with Gasteiger partial charge >= 0.3 is 0 Å². The van der Waals surface area contributed by atoms with Crippen LogP contribution in [0.4, 0.5) is 5.82 Å². The van der Waals surface area contributed by atoms with E-state index in [1.54, 1.807) is 21.3 Å². The van der Waals surface area contributed by atoms with E-state index < -0.39 is 0 Å². The van der Waals surface area contributed by atoms with E-state index in [2.05, 4.69) is 5.32 Å². The summed E-state index contributed by atoms with van der Waals surface area (Å²) < 4.78 is 22.3. The fourth-order valence-corrected chi connectivity index (χ4v) is 2.95. The highest BCUT2D eigenvalue weighted by atomic mass is 16.5. The molecule has 1 unspecified atom stereocenters. The Labute approximate surface area is 177 Å². The lowest BCUT2D eigenvalue weighted by Gasteiger charge is -2.21. The number of anilines is 1. The van der Waals surface area contributed by atoms with Crippen LogP contribution < -0.4 is 30.0 Å².